The number of methoxy groups -OCH3 is 1. The lowest BCUT2D eigenvalue weighted by atomic mass is 10.0. The first-order chi connectivity index (χ1) is 17.6. The van der Waals surface area contributed by atoms with Gasteiger partial charge in [0.25, 0.3) is 0 Å². The van der Waals surface area contributed by atoms with Gasteiger partial charge in [0.1, 0.15) is 0 Å². The number of aromatic nitrogens is 2. The van der Waals surface area contributed by atoms with Gasteiger partial charge in [0.15, 0.2) is 11.5 Å². The lowest BCUT2D eigenvalue weighted by Crippen LogP contribution is -2.56. The van der Waals surface area contributed by atoms with Gasteiger partial charge in [-0.15, -0.1) is 0 Å². The van der Waals surface area contributed by atoms with Crippen LogP contribution in [-0.4, -0.2) is 59.9 Å². The van der Waals surface area contributed by atoms with Crippen LogP contribution in [0.3, 0.4) is 0 Å². The minimum Gasteiger partial charge on any atom is -0.493 e. The Balaban J connectivity index is 1.35. The molecule has 1 aromatic heterocycles. The third-order valence-electron chi connectivity index (χ3n) is 7.32. The Morgan fingerprint density at radius 2 is 1.86 bits per heavy atom. The van der Waals surface area contributed by atoms with Gasteiger partial charge in [-0.05, 0) is 62.8 Å². The van der Waals surface area contributed by atoms with Crippen LogP contribution >= 0.6 is 0 Å². The van der Waals surface area contributed by atoms with Crippen molar-refractivity contribution >= 4 is 11.6 Å². The van der Waals surface area contributed by atoms with E-state index < -0.39 is 0 Å². The molecule has 0 unspecified atom stereocenters. The van der Waals surface area contributed by atoms with E-state index in [-0.39, 0.29) is 18.1 Å². The summed E-state index contributed by atoms with van der Waals surface area (Å²) in [6.07, 6.45) is 6.04. The molecule has 2 aromatic carbocycles. The van der Waals surface area contributed by atoms with Gasteiger partial charge in [0.2, 0.25) is 5.91 Å². The Labute approximate surface area is 213 Å². The average molecular weight is 489 g/mol. The number of benzene rings is 2. The van der Waals surface area contributed by atoms with Crippen molar-refractivity contribution in [2.45, 2.75) is 57.6 Å². The number of aryl methyl sites for hydroxylation is 1. The number of aromatic amines is 1. The van der Waals surface area contributed by atoms with Crippen molar-refractivity contribution in [1.82, 2.24) is 15.1 Å². The van der Waals surface area contributed by atoms with Crippen LogP contribution in [0.15, 0.2) is 54.6 Å². The number of piperazine rings is 1. The summed E-state index contributed by atoms with van der Waals surface area (Å²) in [5, 5.41) is 7.23. The standard InChI is InChI=1S/C29H36N4O3/c1-21-16-23(31-30-21)18-29(34)33-15-14-32(20-25(33)17-22-8-4-3-5-9-22)24-12-13-27(35-2)28(19-24)36-26-10-6-7-11-26/h3-5,8-9,12-13,16,19,25-26H,6-7,10-11,14-15,17-18,20H2,1-2H3,(H,30,31)/t25-/m0/s1. The molecule has 2 fully saturated rings. The minimum absolute atomic E-state index is 0.0648. The fourth-order valence-corrected chi connectivity index (χ4v) is 5.44. The molecule has 190 valence electrons. The largest absolute Gasteiger partial charge is 0.493 e. The molecule has 7 nitrogen and oxygen atoms in total. The van der Waals surface area contributed by atoms with Crippen molar-refractivity contribution < 1.29 is 14.3 Å². The summed E-state index contributed by atoms with van der Waals surface area (Å²) in [7, 11) is 1.69. The highest BCUT2D eigenvalue weighted by Crippen LogP contribution is 2.36. The monoisotopic (exact) mass is 488 g/mol. The van der Waals surface area contributed by atoms with Crippen LogP contribution in [0.4, 0.5) is 5.69 Å². The van der Waals surface area contributed by atoms with E-state index in [0.29, 0.717) is 13.0 Å². The second-order valence-corrected chi connectivity index (χ2v) is 9.96. The van der Waals surface area contributed by atoms with E-state index in [1.807, 2.05) is 30.0 Å². The first kappa shape index (κ1) is 24.2. The normalized spacial score (nSPS) is 18.4. The van der Waals surface area contributed by atoms with E-state index in [1.165, 1.54) is 18.4 Å². The quantitative estimate of drug-likeness (QED) is 0.504. The fourth-order valence-electron chi connectivity index (χ4n) is 5.44. The summed E-state index contributed by atoms with van der Waals surface area (Å²) < 4.78 is 12.0. The number of H-pyrrole nitrogens is 1. The molecule has 1 saturated heterocycles. The number of nitrogens with zero attached hydrogens (tertiary/aromatic N) is 3. The highest BCUT2D eigenvalue weighted by molar-refractivity contribution is 5.79. The number of rotatable bonds is 8. The van der Waals surface area contributed by atoms with Crippen LogP contribution in [0.5, 0.6) is 11.5 Å². The number of carbonyl (C=O) groups is 1. The van der Waals surface area contributed by atoms with E-state index >= 15 is 0 Å². The zero-order valence-electron chi connectivity index (χ0n) is 21.3. The summed E-state index contributed by atoms with van der Waals surface area (Å²) in [5.74, 6) is 1.71. The van der Waals surface area contributed by atoms with Gasteiger partial charge in [0, 0.05) is 37.1 Å². The SMILES string of the molecule is COc1ccc(N2CCN(C(=O)Cc3cc(C)[nH]n3)[C@@H](Cc3ccccc3)C2)cc1OC1CCCC1. The van der Waals surface area contributed by atoms with Crippen molar-refractivity contribution in [3.05, 3.63) is 71.5 Å². The van der Waals surface area contributed by atoms with E-state index in [2.05, 4.69) is 51.5 Å². The lowest BCUT2D eigenvalue weighted by Gasteiger charge is -2.43. The highest BCUT2D eigenvalue weighted by atomic mass is 16.5. The van der Waals surface area contributed by atoms with Gasteiger partial charge in [-0.1, -0.05) is 30.3 Å². The predicted octanol–water partition coefficient (Wildman–Crippen LogP) is 4.55. The summed E-state index contributed by atoms with van der Waals surface area (Å²) in [6, 6.07) is 18.7. The van der Waals surface area contributed by atoms with Gasteiger partial charge in [-0.2, -0.15) is 5.10 Å². The Bertz CT molecular complexity index is 1160. The molecular weight excluding hydrogens is 452 g/mol. The zero-order valence-corrected chi connectivity index (χ0v) is 21.3. The maximum atomic E-state index is 13.4. The van der Waals surface area contributed by atoms with E-state index in [0.717, 1.165) is 60.9 Å². The summed E-state index contributed by atoms with van der Waals surface area (Å²) >= 11 is 0. The van der Waals surface area contributed by atoms with Crippen LogP contribution in [0.2, 0.25) is 0 Å². The minimum atomic E-state index is 0.0648. The first-order valence-electron chi connectivity index (χ1n) is 13.0. The Morgan fingerprint density at radius 3 is 2.58 bits per heavy atom. The fraction of sp³-hybridized carbons (Fsp3) is 0.448. The van der Waals surface area contributed by atoms with Crippen molar-refractivity contribution in [2.75, 3.05) is 31.6 Å². The molecule has 1 atom stereocenters. The van der Waals surface area contributed by atoms with E-state index in [4.69, 9.17) is 9.47 Å². The molecular formula is C29H36N4O3. The second kappa shape index (κ2) is 11.1. The molecule has 7 heteroatoms. The van der Waals surface area contributed by atoms with Crippen LogP contribution < -0.4 is 14.4 Å². The first-order valence-corrected chi connectivity index (χ1v) is 13.0. The predicted molar refractivity (Wildman–Crippen MR) is 141 cm³/mol. The van der Waals surface area contributed by atoms with E-state index in [9.17, 15) is 4.79 Å². The van der Waals surface area contributed by atoms with Gasteiger partial charge in [0.05, 0.1) is 31.4 Å². The third-order valence-corrected chi connectivity index (χ3v) is 7.32. The summed E-state index contributed by atoms with van der Waals surface area (Å²) in [6.45, 7) is 4.16. The molecule has 5 rings (SSSR count). The molecule has 36 heavy (non-hydrogen) atoms. The van der Waals surface area contributed by atoms with Crippen molar-refractivity contribution in [3.63, 3.8) is 0 Å². The zero-order chi connectivity index (χ0) is 24.9. The number of carbonyl (C=O) groups excluding carboxylic acids is 1. The van der Waals surface area contributed by atoms with E-state index in [1.54, 1.807) is 7.11 Å². The number of ether oxygens (including phenoxy) is 2. The van der Waals surface area contributed by atoms with Gasteiger partial charge < -0.3 is 19.3 Å². The van der Waals surface area contributed by atoms with Crippen LogP contribution in [0, 0.1) is 6.92 Å². The maximum absolute atomic E-state index is 13.4. The second-order valence-electron chi connectivity index (χ2n) is 9.96. The van der Waals surface area contributed by atoms with Crippen LogP contribution in [0.1, 0.15) is 42.6 Å². The van der Waals surface area contributed by atoms with Gasteiger partial charge >= 0.3 is 0 Å². The molecule has 0 radical (unpaired) electrons. The third kappa shape index (κ3) is 5.66. The Kier molecular flexibility index (Phi) is 7.44. The van der Waals surface area contributed by atoms with Crippen LogP contribution in [0.25, 0.3) is 0 Å². The highest BCUT2D eigenvalue weighted by Gasteiger charge is 2.31. The molecule has 1 amide bonds. The molecule has 1 aliphatic heterocycles. The molecule has 1 aliphatic carbocycles. The summed E-state index contributed by atoms with van der Waals surface area (Å²) in [5.41, 5.74) is 4.11. The van der Waals surface area contributed by atoms with Crippen molar-refractivity contribution in [1.29, 1.82) is 0 Å². The maximum Gasteiger partial charge on any atom is 0.229 e. The molecule has 2 aliphatic rings. The Hall–Kier alpha value is -3.48. The number of hydrogen-bond donors (Lipinski definition) is 1. The molecule has 3 aromatic rings. The number of amides is 1. The number of nitrogens with one attached hydrogen (secondary N) is 1. The Morgan fingerprint density at radius 1 is 1.06 bits per heavy atom. The smallest absolute Gasteiger partial charge is 0.229 e. The van der Waals surface area contributed by atoms with Gasteiger partial charge in [-0.3, -0.25) is 9.89 Å². The van der Waals surface area contributed by atoms with Crippen molar-refractivity contribution in [3.8, 4) is 11.5 Å². The summed E-state index contributed by atoms with van der Waals surface area (Å²) in [4.78, 5) is 17.8. The molecule has 2 heterocycles. The topological polar surface area (TPSA) is 70.7 Å². The number of hydrogen-bond acceptors (Lipinski definition) is 5. The lowest BCUT2D eigenvalue weighted by molar-refractivity contribution is -0.133. The molecule has 1 N–H and O–H groups in total. The van der Waals surface area contributed by atoms with Crippen LogP contribution in [-0.2, 0) is 17.6 Å². The van der Waals surface area contributed by atoms with Gasteiger partial charge in [-0.25, -0.2) is 0 Å². The molecule has 1 saturated carbocycles. The molecule has 0 spiro atoms. The number of anilines is 1. The van der Waals surface area contributed by atoms with Crippen molar-refractivity contribution in [2.24, 2.45) is 0 Å². The molecule has 0 bridgehead atoms. The average Bonchev–Trinajstić information content (AvgIpc) is 3.56.